The van der Waals surface area contributed by atoms with E-state index in [2.05, 4.69) is 29.4 Å². The van der Waals surface area contributed by atoms with Crippen molar-refractivity contribution in [3.8, 4) is 0 Å². The van der Waals surface area contributed by atoms with E-state index in [-0.39, 0.29) is 30.5 Å². The van der Waals surface area contributed by atoms with Crippen LogP contribution >= 0.6 is 0 Å². The fraction of sp³-hybridized carbons (Fsp3) is 0.654. The van der Waals surface area contributed by atoms with Crippen LogP contribution in [0.25, 0.3) is 0 Å². The minimum atomic E-state index is -4.44. The number of carbonyl (C=O) groups is 1. The molecule has 196 valence electrons. The van der Waals surface area contributed by atoms with Crippen LogP contribution in [0.3, 0.4) is 0 Å². The van der Waals surface area contributed by atoms with E-state index in [1.807, 2.05) is 0 Å². The van der Waals surface area contributed by atoms with Gasteiger partial charge in [-0.05, 0) is 61.3 Å². The molecule has 3 aliphatic rings. The number of amides is 1. The Hall–Kier alpha value is -2.46. The lowest BCUT2D eigenvalue weighted by molar-refractivity contribution is -0.146. The summed E-state index contributed by atoms with van der Waals surface area (Å²) in [6.07, 6.45) is 3.05. The predicted molar refractivity (Wildman–Crippen MR) is 127 cm³/mol. The summed E-state index contributed by atoms with van der Waals surface area (Å²) >= 11 is 0. The number of nitrogens with zero attached hydrogens (tertiary/aromatic N) is 4. The molecule has 3 heterocycles. The summed E-state index contributed by atoms with van der Waals surface area (Å²) in [5.74, 6) is 0.151. The summed E-state index contributed by atoms with van der Waals surface area (Å²) in [6, 6.07) is 4.17. The minimum absolute atomic E-state index is 0.0370. The molecule has 2 fully saturated rings. The van der Waals surface area contributed by atoms with Crippen LogP contribution in [0.5, 0.6) is 0 Å². The van der Waals surface area contributed by atoms with Crippen LogP contribution in [0.2, 0.25) is 0 Å². The highest BCUT2D eigenvalue weighted by molar-refractivity contribution is 5.84. The van der Waals surface area contributed by atoms with E-state index in [0.717, 1.165) is 56.9 Å². The largest absolute Gasteiger partial charge is 0.416 e. The average Bonchev–Trinajstić information content (AvgIpc) is 3.54. The second-order valence-corrected chi connectivity index (χ2v) is 10.8. The second kappa shape index (κ2) is 9.78. The lowest BCUT2D eigenvalue weighted by atomic mass is 9.73. The third-order valence-electron chi connectivity index (χ3n) is 8.44. The predicted octanol–water partition coefficient (Wildman–Crippen LogP) is 4.19. The monoisotopic (exact) mass is 505 g/mol. The molecule has 7 nitrogen and oxygen atoms in total. The smallest absolute Gasteiger partial charge is 0.381 e. The first-order valence-corrected chi connectivity index (χ1v) is 12.8. The van der Waals surface area contributed by atoms with Crippen LogP contribution < -0.4 is 5.32 Å². The van der Waals surface area contributed by atoms with E-state index in [0.29, 0.717) is 18.2 Å². The van der Waals surface area contributed by atoms with Gasteiger partial charge in [-0.25, -0.2) is 0 Å². The number of hydrogen-bond donors (Lipinski definition) is 1. The maximum atomic E-state index is 14.2. The molecule has 1 saturated carbocycles. The zero-order valence-corrected chi connectivity index (χ0v) is 20.8. The Morgan fingerprint density at radius 2 is 1.86 bits per heavy atom. The van der Waals surface area contributed by atoms with Crippen LogP contribution in [0.4, 0.5) is 13.2 Å². The quantitative estimate of drug-likeness (QED) is 0.660. The Labute approximate surface area is 209 Å². The molecule has 1 aromatic carbocycles. The highest BCUT2D eigenvalue weighted by atomic mass is 19.4. The fourth-order valence-corrected chi connectivity index (χ4v) is 6.30. The van der Waals surface area contributed by atoms with Crippen molar-refractivity contribution in [2.75, 3.05) is 19.8 Å². The molecule has 0 spiro atoms. The van der Waals surface area contributed by atoms with Crippen molar-refractivity contribution in [3.63, 3.8) is 0 Å². The molecular weight excluding hydrogens is 471 g/mol. The molecule has 2 aromatic rings. The number of ether oxygens (including phenoxy) is 1. The maximum Gasteiger partial charge on any atom is 0.416 e. The van der Waals surface area contributed by atoms with Gasteiger partial charge in [0.1, 0.15) is 12.7 Å². The number of nitrogens with one attached hydrogen (secondary N) is 1. The normalized spacial score (nSPS) is 27.4. The molecule has 3 atom stereocenters. The van der Waals surface area contributed by atoms with E-state index < -0.39 is 17.2 Å². The number of halogens is 3. The molecule has 5 rings (SSSR count). The molecule has 1 amide bonds. The SMILES string of the molecule is CC(C)[C@]1(C(=O)N2Cc3cc(C(F)(F)F)ccc3C(n3cnnc3)C2)CC[C@@H](NC2CCOCC2)C1. The van der Waals surface area contributed by atoms with Crippen LogP contribution in [0, 0.1) is 11.3 Å². The number of aromatic nitrogens is 3. The number of fused-ring (bicyclic) bond motifs is 1. The number of alkyl halides is 3. The molecule has 1 saturated heterocycles. The molecule has 1 aliphatic carbocycles. The first-order chi connectivity index (χ1) is 17.2. The van der Waals surface area contributed by atoms with Gasteiger partial charge in [-0.1, -0.05) is 19.9 Å². The summed E-state index contributed by atoms with van der Waals surface area (Å²) in [6.45, 7) is 6.24. The Bertz CT molecular complexity index is 1070. The van der Waals surface area contributed by atoms with Gasteiger partial charge < -0.3 is 19.5 Å². The lowest BCUT2D eigenvalue weighted by Gasteiger charge is -2.42. The first-order valence-electron chi connectivity index (χ1n) is 12.8. The zero-order chi connectivity index (χ0) is 25.5. The van der Waals surface area contributed by atoms with Gasteiger partial charge in [0.25, 0.3) is 0 Å². The topological polar surface area (TPSA) is 72.3 Å². The van der Waals surface area contributed by atoms with Crippen LogP contribution in [0.1, 0.15) is 68.7 Å². The van der Waals surface area contributed by atoms with Crippen molar-refractivity contribution in [2.24, 2.45) is 11.3 Å². The Balaban J connectivity index is 1.42. The third kappa shape index (κ3) is 4.77. The molecule has 1 aromatic heterocycles. The highest BCUT2D eigenvalue weighted by Crippen LogP contribution is 2.47. The summed E-state index contributed by atoms with van der Waals surface area (Å²) in [5, 5.41) is 11.5. The summed E-state index contributed by atoms with van der Waals surface area (Å²) in [7, 11) is 0. The van der Waals surface area contributed by atoms with Crippen molar-refractivity contribution >= 4 is 5.91 Å². The molecule has 0 radical (unpaired) electrons. The van der Waals surface area contributed by atoms with E-state index >= 15 is 0 Å². The van der Waals surface area contributed by atoms with Crippen LogP contribution in [-0.2, 0) is 22.3 Å². The van der Waals surface area contributed by atoms with Gasteiger partial charge in [0, 0.05) is 38.4 Å². The van der Waals surface area contributed by atoms with E-state index in [9.17, 15) is 18.0 Å². The number of benzene rings is 1. The molecule has 36 heavy (non-hydrogen) atoms. The average molecular weight is 506 g/mol. The van der Waals surface area contributed by atoms with Gasteiger partial charge in [0.05, 0.1) is 17.0 Å². The Kier molecular flexibility index (Phi) is 6.84. The highest BCUT2D eigenvalue weighted by Gasteiger charge is 2.50. The molecule has 1 unspecified atom stereocenters. The van der Waals surface area contributed by atoms with E-state index in [4.69, 9.17) is 4.74 Å². The van der Waals surface area contributed by atoms with E-state index in [1.165, 1.54) is 12.1 Å². The van der Waals surface area contributed by atoms with E-state index in [1.54, 1.807) is 22.1 Å². The van der Waals surface area contributed by atoms with Crippen LogP contribution in [0.15, 0.2) is 30.9 Å². The summed E-state index contributed by atoms with van der Waals surface area (Å²) in [5.41, 5.74) is 0.0609. The number of hydrogen-bond acceptors (Lipinski definition) is 5. The number of carbonyl (C=O) groups excluding carboxylic acids is 1. The second-order valence-electron chi connectivity index (χ2n) is 10.8. The third-order valence-corrected chi connectivity index (χ3v) is 8.44. The van der Waals surface area contributed by atoms with Gasteiger partial charge in [-0.2, -0.15) is 13.2 Å². The first kappa shape index (κ1) is 25.2. The van der Waals surface area contributed by atoms with Crippen molar-refractivity contribution in [3.05, 3.63) is 47.5 Å². The van der Waals surface area contributed by atoms with Gasteiger partial charge in [-0.15, -0.1) is 10.2 Å². The van der Waals surface area contributed by atoms with Gasteiger partial charge in [0.15, 0.2) is 0 Å². The van der Waals surface area contributed by atoms with Crippen molar-refractivity contribution < 1.29 is 22.7 Å². The molecule has 0 bridgehead atoms. The fourth-order valence-electron chi connectivity index (χ4n) is 6.30. The van der Waals surface area contributed by atoms with Crippen LogP contribution in [-0.4, -0.2) is 57.4 Å². The zero-order valence-electron chi connectivity index (χ0n) is 20.8. The molecule has 1 N–H and O–H groups in total. The lowest BCUT2D eigenvalue weighted by Crippen LogP contribution is -2.50. The molecular formula is C26H34F3N5O2. The maximum absolute atomic E-state index is 14.2. The van der Waals surface area contributed by atoms with Crippen molar-refractivity contribution in [2.45, 2.75) is 76.8 Å². The molecule has 10 heteroatoms. The van der Waals surface area contributed by atoms with Gasteiger partial charge in [-0.3, -0.25) is 4.79 Å². The summed E-state index contributed by atoms with van der Waals surface area (Å²) in [4.78, 5) is 16.0. The minimum Gasteiger partial charge on any atom is -0.381 e. The van der Waals surface area contributed by atoms with Gasteiger partial charge in [0.2, 0.25) is 5.91 Å². The standard InChI is InChI=1S/C26H34F3N5O2/c1-17(2)25(8-5-21(12-25)32-20-6-9-36-10-7-20)24(35)33-13-18-11-19(26(27,28)29)3-4-22(18)23(14-33)34-15-30-31-16-34/h3-4,11,15-17,20-21,23,32H,5-10,12-14H2,1-2H3/t21-,23?,25+/m1/s1. The van der Waals surface area contributed by atoms with Gasteiger partial charge >= 0.3 is 6.18 Å². The van der Waals surface area contributed by atoms with Crippen molar-refractivity contribution in [1.82, 2.24) is 25.0 Å². The number of rotatable bonds is 5. The van der Waals surface area contributed by atoms with Crippen molar-refractivity contribution in [1.29, 1.82) is 0 Å². The Morgan fingerprint density at radius 3 is 2.53 bits per heavy atom. The Morgan fingerprint density at radius 1 is 1.14 bits per heavy atom. The summed E-state index contributed by atoms with van der Waals surface area (Å²) < 4.78 is 47.8. The molecule has 2 aliphatic heterocycles.